The number of benzene rings is 3. The van der Waals surface area contributed by atoms with E-state index in [0.29, 0.717) is 6.42 Å². The van der Waals surface area contributed by atoms with Crippen LogP contribution < -0.4 is 4.74 Å². The molecule has 0 heterocycles. The second kappa shape index (κ2) is 9.86. The van der Waals surface area contributed by atoms with Crippen LogP contribution in [0.1, 0.15) is 23.6 Å². The Morgan fingerprint density at radius 1 is 0.786 bits per heavy atom. The first-order valence-corrected chi connectivity index (χ1v) is 9.61. The van der Waals surface area contributed by atoms with E-state index < -0.39 is 0 Å². The van der Waals surface area contributed by atoms with Crippen molar-refractivity contribution in [2.24, 2.45) is 0 Å². The number of hydrogen-bond donors (Lipinski definition) is 0. The number of rotatable bonds is 9. The fourth-order valence-electron chi connectivity index (χ4n) is 3.43. The Balaban J connectivity index is 1.85. The Labute approximate surface area is 167 Å². The van der Waals surface area contributed by atoms with Gasteiger partial charge in [-0.15, -0.1) is 0 Å². The van der Waals surface area contributed by atoms with Crippen LogP contribution in [0.2, 0.25) is 0 Å². The normalized spacial score (nSPS) is 12.0. The lowest BCUT2D eigenvalue weighted by Gasteiger charge is -2.30. The molecular formula is C25H27NO2. The largest absolute Gasteiger partial charge is 0.497 e. The van der Waals surface area contributed by atoms with Gasteiger partial charge >= 0.3 is 0 Å². The highest BCUT2D eigenvalue weighted by molar-refractivity contribution is 5.81. The lowest BCUT2D eigenvalue weighted by Crippen LogP contribution is -2.41. The third-order valence-electron chi connectivity index (χ3n) is 4.96. The van der Waals surface area contributed by atoms with Gasteiger partial charge in [-0.05, 0) is 42.2 Å². The fraction of sp³-hybridized carbons (Fsp3) is 0.240. The van der Waals surface area contributed by atoms with E-state index in [1.54, 1.807) is 14.0 Å². The van der Waals surface area contributed by atoms with Gasteiger partial charge in [0, 0.05) is 13.1 Å². The van der Waals surface area contributed by atoms with Crippen molar-refractivity contribution >= 4 is 5.78 Å². The monoisotopic (exact) mass is 373 g/mol. The molecule has 0 aliphatic heterocycles. The van der Waals surface area contributed by atoms with Crippen molar-refractivity contribution in [1.29, 1.82) is 0 Å². The van der Waals surface area contributed by atoms with Crippen molar-refractivity contribution in [2.75, 3.05) is 7.11 Å². The summed E-state index contributed by atoms with van der Waals surface area (Å²) in [5.74, 6) is 1.01. The van der Waals surface area contributed by atoms with Crippen LogP contribution in [0, 0.1) is 0 Å². The third-order valence-corrected chi connectivity index (χ3v) is 4.96. The maximum absolute atomic E-state index is 12.6. The number of carbonyl (C=O) groups excluding carboxylic acids is 1. The Hall–Kier alpha value is -2.91. The molecular weight excluding hydrogens is 346 g/mol. The Kier molecular flexibility index (Phi) is 6.99. The number of carbonyl (C=O) groups is 1. The number of Topliss-reactive ketones (excluding diaryl/α,β-unsaturated/α-hetero) is 1. The lowest BCUT2D eigenvalue weighted by molar-refractivity contribution is -0.122. The zero-order chi connectivity index (χ0) is 19.8. The van der Waals surface area contributed by atoms with Crippen LogP contribution >= 0.6 is 0 Å². The highest BCUT2D eigenvalue weighted by atomic mass is 16.5. The first kappa shape index (κ1) is 19.8. The number of ether oxygens (including phenoxy) is 1. The molecule has 0 saturated heterocycles. The molecule has 3 nitrogen and oxygen atoms in total. The van der Waals surface area contributed by atoms with E-state index in [0.717, 1.165) is 24.4 Å². The van der Waals surface area contributed by atoms with E-state index in [-0.39, 0.29) is 11.8 Å². The number of ketones is 1. The van der Waals surface area contributed by atoms with E-state index in [1.165, 1.54) is 11.1 Å². The number of methoxy groups -OCH3 is 1. The summed E-state index contributed by atoms with van der Waals surface area (Å²) < 4.78 is 5.25. The SMILES string of the molecule is COc1ccc(C[C@@H](C(C)=O)N(Cc2ccccc2)Cc2ccccc2)cc1. The molecule has 0 N–H and O–H groups in total. The van der Waals surface area contributed by atoms with Gasteiger partial charge in [0.25, 0.3) is 0 Å². The minimum absolute atomic E-state index is 0.183. The molecule has 0 saturated carbocycles. The summed E-state index contributed by atoms with van der Waals surface area (Å²) in [6, 6.07) is 28.5. The van der Waals surface area contributed by atoms with Crippen molar-refractivity contribution in [2.45, 2.75) is 32.5 Å². The van der Waals surface area contributed by atoms with Gasteiger partial charge in [-0.3, -0.25) is 9.69 Å². The highest BCUT2D eigenvalue weighted by Gasteiger charge is 2.24. The summed E-state index contributed by atoms with van der Waals surface area (Å²) in [4.78, 5) is 14.9. The van der Waals surface area contributed by atoms with E-state index in [4.69, 9.17) is 4.74 Å². The summed E-state index contributed by atoms with van der Waals surface area (Å²) in [5.41, 5.74) is 3.55. The molecule has 0 bridgehead atoms. The van der Waals surface area contributed by atoms with Crippen LogP contribution in [0.5, 0.6) is 5.75 Å². The van der Waals surface area contributed by atoms with Crippen molar-refractivity contribution in [1.82, 2.24) is 4.90 Å². The van der Waals surface area contributed by atoms with Gasteiger partial charge < -0.3 is 4.74 Å². The van der Waals surface area contributed by atoms with Gasteiger partial charge in [0.05, 0.1) is 13.2 Å². The van der Waals surface area contributed by atoms with Gasteiger partial charge in [-0.1, -0.05) is 72.8 Å². The smallest absolute Gasteiger partial charge is 0.147 e. The van der Waals surface area contributed by atoms with Crippen molar-refractivity contribution in [3.05, 3.63) is 102 Å². The van der Waals surface area contributed by atoms with E-state index in [1.807, 2.05) is 60.7 Å². The molecule has 3 heteroatoms. The third kappa shape index (κ3) is 5.54. The molecule has 3 aromatic carbocycles. The fourth-order valence-corrected chi connectivity index (χ4v) is 3.43. The average Bonchev–Trinajstić information content (AvgIpc) is 2.73. The maximum Gasteiger partial charge on any atom is 0.147 e. The number of nitrogens with zero attached hydrogens (tertiary/aromatic N) is 1. The van der Waals surface area contributed by atoms with Crippen LogP contribution in [0.4, 0.5) is 0 Å². The second-order valence-corrected chi connectivity index (χ2v) is 7.05. The van der Waals surface area contributed by atoms with Gasteiger partial charge in [0.2, 0.25) is 0 Å². The summed E-state index contributed by atoms with van der Waals surface area (Å²) in [6.45, 7) is 3.16. The van der Waals surface area contributed by atoms with Gasteiger partial charge in [0.15, 0.2) is 0 Å². The molecule has 144 valence electrons. The molecule has 1 atom stereocenters. The lowest BCUT2D eigenvalue weighted by atomic mass is 9.99. The molecule has 3 rings (SSSR count). The zero-order valence-corrected chi connectivity index (χ0v) is 16.5. The van der Waals surface area contributed by atoms with Crippen molar-refractivity contribution in [3.63, 3.8) is 0 Å². The van der Waals surface area contributed by atoms with Crippen LogP contribution in [-0.2, 0) is 24.3 Å². The zero-order valence-electron chi connectivity index (χ0n) is 16.5. The Morgan fingerprint density at radius 2 is 1.29 bits per heavy atom. The predicted octanol–water partition coefficient (Wildman–Crippen LogP) is 4.90. The molecule has 0 radical (unpaired) electrons. The van der Waals surface area contributed by atoms with Crippen LogP contribution in [-0.4, -0.2) is 23.8 Å². The minimum Gasteiger partial charge on any atom is -0.497 e. The van der Waals surface area contributed by atoms with E-state index in [2.05, 4.69) is 29.2 Å². The molecule has 28 heavy (non-hydrogen) atoms. The summed E-state index contributed by atoms with van der Waals surface area (Å²) in [6.07, 6.45) is 0.680. The molecule has 0 fully saturated rings. The molecule has 0 aromatic heterocycles. The van der Waals surface area contributed by atoms with Crippen LogP contribution in [0.15, 0.2) is 84.9 Å². The molecule has 0 aliphatic carbocycles. The van der Waals surface area contributed by atoms with Crippen molar-refractivity contribution in [3.8, 4) is 5.75 Å². The van der Waals surface area contributed by atoms with E-state index in [9.17, 15) is 4.79 Å². The quantitative estimate of drug-likeness (QED) is 0.534. The number of hydrogen-bond acceptors (Lipinski definition) is 3. The second-order valence-electron chi connectivity index (χ2n) is 7.05. The molecule has 0 spiro atoms. The summed E-state index contributed by atoms with van der Waals surface area (Å²) in [5, 5.41) is 0. The van der Waals surface area contributed by atoms with Gasteiger partial charge in [-0.25, -0.2) is 0 Å². The average molecular weight is 373 g/mol. The first-order valence-electron chi connectivity index (χ1n) is 9.61. The van der Waals surface area contributed by atoms with Crippen LogP contribution in [0.25, 0.3) is 0 Å². The van der Waals surface area contributed by atoms with E-state index >= 15 is 0 Å². The summed E-state index contributed by atoms with van der Waals surface area (Å²) in [7, 11) is 1.66. The maximum atomic E-state index is 12.6. The highest BCUT2D eigenvalue weighted by Crippen LogP contribution is 2.19. The standard InChI is InChI=1S/C25H27NO2/c1-20(27)25(17-21-13-15-24(28-2)16-14-21)26(18-22-9-5-3-6-10-22)19-23-11-7-4-8-12-23/h3-16,25H,17-19H2,1-2H3/t25-/m0/s1. The van der Waals surface area contributed by atoms with Gasteiger partial charge in [-0.2, -0.15) is 0 Å². The molecule has 0 amide bonds. The van der Waals surface area contributed by atoms with Gasteiger partial charge in [0.1, 0.15) is 11.5 Å². The molecule has 0 aliphatic rings. The van der Waals surface area contributed by atoms with Crippen molar-refractivity contribution < 1.29 is 9.53 Å². The van der Waals surface area contributed by atoms with Crippen LogP contribution in [0.3, 0.4) is 0 Å². The Morgan fingerprint density at radius 3 is 1.71 bits per heavy atom. The summed E-state index contributed by atoms with van der Waals surface area (Å²) >= 11 is 0. The predicted molar refractivity (Wildman–Crippen MR) is 113 cm³/mol. The Bertz CT molecular complexity index is 819. The minimum atomic E-state index is -0.186. The molecule has 0 unspecified atom stereocenters. The molecule has 3 aromatic rings. The first-order chi connectivity index (χ1) is 13.7. The topological polar surface area (TPSA) is 29.5 Å².